The van der Waals surface area contributed by atoms with Crippen LogP contribution in [0.2, 0.25) is 0 Å². The van der Waals surface area contributed by atoms with E-state index in [-0.39, 0.29) is 5.78 Å². The van der Waals surface area contributed by atoms with Crippen molar-refractivity contribution in [2.45, 2.75) is 39.5 Å². The van der Waals surface area contributed by atoms with Gasteiger partial charge in [-0.05, 0) is 25.0 Å². The summed E-state index contributed by atoms with van der Waals surface area (Å²) < 4.78 is 2.19. The Balaban J connectivity index is 2.25. The summed E-state index contributed by atoms with van der Waals surface area (Å²) in [5, 5.41) is 1.16. The second-order valence-electron chi connectivity index (χ2n) is 5.18. The molecule has 0 amide bonds. The minimum Gasteiger partial charge on any atom is -0.310 e. The molecule has 0 atom stereocenters. The number of carbonyl (C=O) groups excluding carboxylic acids is 1. The highest BCUT2D eigenvalue weighted by Gasteiger charge is 2.29. The maximum atomic E-state index is 12.6. The van der Waals surface area contributed by atoms with E-state index < -0.39 is 0 Å². The van der Waals surface area contributed by atoms with Gasteiger partial charge in [-0.1, -0.05) is 44.9 Å². The summed E-state index contributed by atoms with van der Waals surface area (Å²) >= 11 is 0. The lowest BCUT2D eigenvalue weighted by Gasteiger charge is -2.09. The van der Waals surface area contributed by atoms with Crippen LogP contribution in [-0.4, -0.2) is 10.4 Å². The van der Waals surface area contributed by atoms with Gasteiger partial charge in [-0.3, -0.25) is 4.79 Å². The van der Waals surface area contributed by atoms with E-state index in [0.717, 1.165) is 42.3 Å². The van der Waals surface area contributed by atoms with Crippen molar-refractivity contribution in [3.05, 3.63) is 41.6 Å². The van der Waals surface area contributed by atoms with Gasteiger partial charge >= 0.3 is 0 Å². The van der Waals surface area contributed by atoms with Crippen molar-refractivity contribution in [2.75, 3.05) is 0 Å². The van der Waals surface area contributed by atoms with Gasteiger partial charge in [0.15, 0.2) is 0 Å². The molecule has 2 aromatic rings. The number of nitrogens with zero attached hydrogens (tertiary/aromatic N) is 1. The molecule has 0 bridgehead atoms. The van der Waals surface area contributed by atoms with E-state index in [4.69, 9.17) is 0 Å². The Morgan fingerprint density at radius 2 is 1.79 bits per heavy atom. The number of para-hydroxylation sites is 1. The zero-order valence-electron chi connectivity index (χ0n) is 11.6. The van der Waals surface area contributed by atoms with Crippen LogP contribution >= 0.6 is 0 Å². The quantitative estimate of drug-likeness (QED) is 0.777. The molecule has 0 fully saturated rings. The first kappa shape index (κ1) is 12.2. The number of hydrogen-bond donors (Lipinski definition) is 0. The Bertz CT molecular complexity index is 676. The average Bonchev–Trinajstić information content (AvgIpc) is 2.91. The van der Waals surface area contributed by atoms with Gasteiger partial charge in [-0.25, -0.2) is 0 Å². The normalized spacial score (nSPS) is 14.5. The van der Waals surface area contributed by atoms with Crippen molar-refractivity contribution in [1.29, 1.82) is 0 Å². The number of Topliss-reactive ketones (excluding diaryl/α,β-unsaturated/α-hetero) is 1. The lowest BCUT2D eigenvalue weighted by atomic mass is 10.0. The Morgan fingerprint density at radius 3 is 2.53 bits per heavy atom. The number of carbonyl (C=O) groups is 1. The van der Waals surface area contributed by atoms with E-state index in [1.807, 2.05) is 18.2 Å². The third-order valence-electron chi connectivity index (χ3n) is 3.82. The number of ketones is 1. The van der Waals surface area contributed by atoms with E-state index in [1.54, 1.807) is 0 Å². The van der Waals surface area contributed by atoms with Crippen LogP contribution in [0.1, 0.15) is 50.0 Å². The van der Waals surface area contributed by atoms with Crippen molar-refractivity contribution in [2.24, 2.45) is 0 Å². The first-order chi connectivity index (χ1) is 9.27. The Morgan fingerprint density at radius 1 is 1.05 bits per heavy atom. The van der Waals surface area contributed by atoms with Gasteiger partial charge in [-0.15, -0.1) is 0 Å². The molecule has 98 valence electrons. The third-order valence-corrected chi connectivity index (χ3v) is 3.82. The number of benzene rings is 1. The molecule has 1 aliphatic rings. The lowest BCUT2D eigenvalue weighted by Crippen LogP contribution is -1.98. The summed E-state index contributed by atoms with van der Waals surface area (Å²) in [5.74, 6) is 0.238. The van der Waals surface area contributed by atoms with Crippen LogP contribution in [-0.2, 0) is 0 Å². The summed E-state index contributed by atoms with van der Waals surface area (Å²) in [6.45, 7) is 4.31. The average molecular weight is 253 g/mol. The molecule has 0 spiro atoms. The number of hydrogen-bond acceptors (Lipinski definition) is 1. The molecule has 19 heavy (non-hydrogen) atoms. The molecule has 2 heteroatoms. The van der Waals surface area contributed by atoms with Crippen LogP contribution in [0, 0.1) is 0 Å². The van der Waals surface area contributed by atoms with E-state index in [0.29, 0.717) is 0 Å². The fraction of sp³-hybridized carbons (Fsp3) is 0.353. The second kappa shape index (κ2) is 4.69. The first-order valence-electron chi connectivity index (χ1n) is 7.15. The number of rotatable bonds is 4. The first-order valence-corrected chi connectivity index (χ1v) is 7.15. The van der Waals surface area contributed by atoms with Gasteiger partial charge in [0.1, 0.15) is 0 Å². The van der Waals surface area contributed by atoms with Gasteiger partial charge in [-0.2, -0.15) is 0 Å². The highest BCUT2D eigenvalue weighted by atomic mass is 16.1. The van der Waals surface area contributed by atoms with E-state index >= 15 is 0 Å². The maximum Gasteiger partial charge on any atom is 0.207 e. The molecule has 1 aliphatic heterocycles. The summed E-state index contributed by atoms with van der Waals surface area (Å²) in [5.41, 5.74) is 4.28. The van der Waals surface area contributed by atoms with E-state index in [2.05, 4.69) is 30.5 Å². The molecule has 2 heterocycles. The van der Waals surface area contributed by atoms with Crippen molar-refractivity contribution in [3.8, 4) is 0 Å². The molecule has 1 aromatic heterocycles. The Labute approximate surface area is 113 Å². The molecule has 3 rings (SSSR count). The Kier molecular flexibility index (Phi) is 3.02. The molecular weight excluding hydrogens is 234 g/mol. The summed E-state index contributed by atoms with van der Waals surface area (Å²) in [6, 6.07) is 10.3. The molecule has 0 radical (unpaired) electrons. The highest BCUT2D eigenvalue weighted by Crippen LogP contribution is 2.36. The molecule has 2 nitrogen and oxygen atoms in total. The number of fused-ring (bicyclic) bond motifs is 3. The summed E-state index contributed by atoms with van der Waals surface area (Å²) in [6.07, 6.45) is 3.97. The van der Waals surface area contributed by atoms with Gasteiger partial charge in [0.05, 0.1) is 11.2 Å². The van der Waals surface area contributed by atoms with Crippen LogP contribution < -0.4 is 0 Å². The number of allylic oxidation sites excluding steroid dienone is 2. The fourth-order valence-electron chi connectivity index (χ4n) is 3.04. The van der Waals surface area contributed by atoms with E-state index in [9.17, 15) is 4.79 Å². The molecular formula is C17H19NO. The molecule has 0 saturated heterocycles. The largest absolute Gasteiger partial charge is 0.310 e. The van der Waals surface area contributed by atoms with Gasteiger partial charge in [0, 0.05) is 16.7 Å². The highest BCUT2D eigenvalue weighted by molar-refractivity contribution is 6.18. The standard InChI is InChI=1S/C17H19NO/c1-3-7-13-15(8-4-2)18-14-10-6-5-9-12(14)11-16(18)17(13)19/h5-6,9-11H,3-4,7-8H2,1-2H3. The van der Waals surface area contributed by atoms with Crippen LogP contribution in [0.5, 0.6) is 0 Å². The lowest BCUT2D eigenvalue weighted by molar-refractivity contribution is 0.103. The van der Waals surface area contributed by atoms with Gasteiger partial charge < -0.3 is 4.57 Å². The topological polar surface area (TPSA) is 22.0 Å². The molecule has 0 saturated carbocycles. The minimum atomic E-state index is 0.238. The smallest absolute Gasteiger partial charge is 0.207 e. The molecule has 0 aliphatic carbocycles. The van der Waals surface area contributed by atoms with Crippen molar-refractivity contribution < 1.29 is 4.79 Å². The molecule has 0 N–H and O–H groups in total. The van der Waals surface area contributed by atoms with Crippen LogP contribution in [0.15, 0.2) is 35.9 Å². The van der Waals surface area contributed by atoms with Crippen molar-refractivity contribution in [3.63, 3.8) is 0 Å². The summed E-state index contributed by atoms with van der Waals surface area (Å²) in [7, 11) is 0. The third kappa shape index (κ3) is 1.74. The van der Waals surface area contributed by atoms with Gasteiger partial charge in [0.25, 0.3) is 0 Å². The monoisotopic (exact) mass is 253 g/mol. The molecule has 1 aromatic carbocycles. The van der Waals surface area contributed by atoms with E-state index in [1.165, 1.54) is 11.2 Å². The Hall–Kier alpha value is -1.83. The van der Waals surface area contributed by atoms with Crippen LogP contribution in [0.4, 0.5) is 0 Å². The SMILES string of the molecule is CCCC1=C(CCC)n2c(cc3ccccc32)C1=O. The van der Waals surface area contributed by atoms with Crippen LogP contribution in [0.25, 0.3) is 16.6 Å². The van der Waals surface area contributed by atoms with Crippen molar-refractivity contribution >= 4 is 22.4 Å². The maximum absolute atomic E-state index is 12.6. The second-order valence-corrected chi connectivity index (χ2v) is 5.18. The predicted molar refractivity (Wildman–Crippen MR) is 79.3 cm³/mol. The van der Waals surface area contributed by atoms with Crippen LogP contribution in [0.3, 0.4) is 0 Å². The molecule has 0 unspecified atom stereocenters. The minimum absolute atomic E-state index is 0.238. The zero-order valence-corrected chi connectivity index (χ0v) is 11.6. The zero-order chi connectivity index (χ0) is 13.4. The predicted octanol–water partition coefficient (Wildman–Crippen LogP) is 4.65. The fourth-order valence-corrected chi connectivity index (χ4v) is 3.04. The summed E-state index contributed by atoms with van der Waals surface area (Å²) in [4.78, 5) is 12.6. The number of aromatic nitrogens is 1. The van der Waals surface area contributed by atoms with Crippen molar-refractivity contribution in [1.82, 2.24) is 4.57 Å². The van der Waals surface area contributed by atoms with Gasteiger partial charge in [0.2, 0.25) is 5.78 Å².